The molecule has 3 heteroatoms. The van der Waals surface area contributed by atoms with Gasteiger partial charge in [0.25, 0.3) is 0 Å². The lowest BCUT2D eigenvalue weighted by Crippen LogP contribution is -2.06. The Kier molecular flexibility index (Phi) is 4.51. The van der Waals surface area contributed by atoms with Crippen LogP contribution in [0.25, 0.3) is 22.0 Å². The lowest BCUT2D eigenvalue weighted by Gasteiger charge is -2.13. The van der Waals surface area contributed by atoms with Gasteiger partial charge in [0.05, 0.1) is 5.52 Å². The molecule has 0 unspecified atom stereocenters. The third kappa shape index (κ3) is 3.24. The van der Waals surface area contributed by atoms with Crippen LogP contribution in [-0.4, -0.2) is 10.8 Å². The number of para-hydroxylation sites is 1. The first-order chi connectivity index (χ1) is 12.7. The Morgan fingerprint density at radius 2 is 1.54 bits per heavy atom. The average molecular weight is 358 g/mol. The van der Waals surface area contributed by atoms with Crippen molar-refractivity contribution in [3.05, 3.63) is 101 Å². The first kappa shape index (κ1) is 16.5. The number of ketones is 1. The zero-order valence-electron chi connectivity index (χ0n) is 14.0. The maximum atomic E-state index is 12.9. The third-order valence-electron chi connectivity index (χ3n) is 4.48. The molecule has 0 aliphatic carbocycles. The van der Waals surface area contributed by atoms with E-state index in [1.54, 1.807) is 24.3 Å². The number of aromatic nitrogens is 1. The summed E-state index contributed by atoms with van der Waals surface area (Å²) in [5.41, 5.74) is 4.61. The van der Waals surface area contributed by atoms with Crippen molar-refractivity contribution in [1.29, 1.82) is 0 Å². The molecule has 0 spiro atoms. The highest BCUT2D eigenvalue weighted by Crippen LogP contribution is 2.30. The molecule has 1 heterocycles. The molecule has 4 aromatic rings. The van der Waals surface area contributed by atoms with Crippen molar-refractivity contribution in [2.45, 2.75) is 6.42 Å². The summed E-state index contributed by atoms with van der Waals surface area (Å²) in [7, 11) is 0. The first-order valence-corrected chi connectivity index (χ1v) is 8.81. The van der Waals surface area contributed by atoms with Gasteiger partial charge in [0.1, 0.15) is 0 Å². The van der Waals surface area contributed by atoms with Crippen LogP contribution in [0, 0.1) is 0 Å². The van der Waals surface area contributed by atoms with Crippen molar-refractivity contribution in [1.82, 2.24) is 4.98 Å². The maximum Gasteiger partial charge on any atom is 0.167 e. The summed E-state index contributed by atoms with van der Waals surface area (Å²) < 4.78 is 0. The SMILES string of the molecule is O=C(Cc1c(-c2ccccc2)cnc2ccccc12)c1ccc(Cl)cc1. The quantitative estimate of drug-likeness (QED) is 0.420. The van der Waals surface area contributed by atoms with E-state index in [1.807, 2.05) is 60.8 Å². The van der Waals surface area contributed by atoms with E-state index in [0.29, 0.717) is 17.0 Å². The van der Waals surface area contributed by atoms with Gasteiger partial charge in [-0.15, -0.1) is 0 Å². The average Bonchev–Trinajstić information content (AvgIpc) is 2.69. The summed E-state index contributed by atoms with van der Waals surface area (Å²) in [4.78, 5) is 17.5. The summed E-state index contributed by atoms with van der Waals surface area (Å²) in [6, 6.07) is 25.0. The Hall–Kier alpha value is -2.97. The van der Waals surface area contributed by atoms with Crippen molar-refractivity contribution in [2.75, 3.05) is 0 Å². The molecule has 0 fully saturated rings. The van der Waals surface area contributed by atoms with Crippen molar-refractivity contribution < 1.29 is 4.79 Å². The second-order valence-electron chi connectivity index (χ2n) is 6.14. The number of benzene rings is 3. The number of hydrogen-bond donors (Lipinski definition) is 0. The van der Waals surface area contributed by atoms with E-state index in [-0.39, 0.29) is 5.78 Å². The van der Waals surface area contributed by atoms with Crippen LogP contribution in [0.4, 0.5) is 0 Å². The molecule has 0 N–H and O–H groups in total. The monoisotopic (exact) mass is 357 g/mol. The summed E-state index contributed by atoms with van der Waals surface area (Å²) in [6.07, 6.45) is 2.18. The fraction of sp³-hybridized carbons (Fsp3) is 0.0435. The molecule has 0 aliphatic rings. The number of carbonyl (C=O) groups is 1. The number of carbonyl (C=O) groups excluding carboxylic acids is 1. The molecule has 2 nitrogen and oxygen atoms in total. The molecular formula is C23H16ClNO. The Morgan fingerprint density at radius 1 is 0.846 bits per heavy atom. The molecule has 0 aliphatic heterocycles. The minimum Gasteiger partial charge on any atom is -0.294 e. The normalized spacial score (nSPS) is 10.8. The summed E-state index contributed by atoms with van der Waals surface area (Å²) >= 11 is 5.94. The van der Waals surface area contributed by atoms with Gasteiger partial charge in [0, 0.05) is 34.2 Å². The smallest absolute Gasteiger partial charge is 0.167 e. The highest BCUT2D eigenvalue weighted by molar-refractivity contribution is 6.30. The van der Waals surface area contributed by atoms with E-state index < -0.39 is 0 Å². The predicted octanol–water partition coefficient (Wildman–Crippen LogP) is 5.98. The Morgan fingerprint density at radius 3 is 2.31 bits per heavy atom. The molecule has 0 radical (unpaired) electrons. The molecule has 4 rings (SSSR count). The lowest BCUT2D eigenvalue weighted by atomic mass is 9.93. The largest absolute Gasteiger partial charge is 0.294 e. The minimum absolute atomic E-state index is 0.0650. The number of Topliss-reactive ketones (excluding diaryl/α,β-unsaturated/α-hetero) is 1. The highest BCUT2D eigenvalue weighted by atomic mass is 35.5. The lowest BCUT2D eigenvalue weighted by molar-refractivity contribution is 0.0993. The van der Waals surface area contributed by atoms with Crippen LogP contribution in [0.5, 0.6) is 0 Å². The van der Waals surface area contributed by atoms with Gasteiger partial charge >= 0.3 is 0 Å². The zero-order chi connectivity index (χ0) is 17.9. The summed E-state index contributed by atoms with van der Waals surface area (Å²) in [5.74, 6) is 0.0650. The number of rotatable bonds is 4. The highest BCUT2D eigenvalue weighted by Gasteiger charge is 2.15. The van der Waals surface area contributed by atoms with Crippen LogP contribution < -0.4 is 0 Å². The standard InChI is InChI=1S/C23H16ClNO/c24-18-12-10-17(11-13-18)23(26)14-20-19-8-4-5-9-22(19)25-15-21(20)16-6-2-1-3-7-16/h1-13,15H,14H2. The number of pyridine rings is 1. The third-order valence-corrected chi connectivity index (χ3v) is 4.73. The number of fused-ring (bicyclic) bond motifs is 1. The zero-order valence-corrected chi connectivity index (χ0v) is 14.8. The van der Waals surface area contributed by atoms with Gasteiger partial charge in [-0.1, -0.05) is 60.1 Å². The molecule has 0 saturated carbocycles. The molecule has 3 aromatic carbocycles. The van der Waals surface area contributed by atoms with E-state index in [4.69, 9.17) is 11.6 Å². The van der Waals surface area contributed by atoms with E-state index in [9.17, 15) is 4.79 Å². The van der Waals surface area contributed by atoms with E-state index >= 15 is 0 Å². The van der Waals surface area contributed by atoms with Gasteiger partial charge in [-0.2, -0.15) is 0 Å². The molecular weight excluding hydrogens is 342 g/mol. The topological polar surface area (TPSA) is 30.0 Å². The van der Waals surface area contributed by atoms with Gasteiger partial charge in [-0.25, -0.2) is 0 Å². The first-order valence-electron chi connectivity index (χ1n) is 8.43. The Bertz CT molecular complexity index is 1070. The van der Waals surface area contributed by atoms with E-state index in [1.165, 1.54) is 0 Å². The van der Waals surface area contributed by atoms with Gasteiger partial charge in [0.2, 0.25) is 0 Å². The fourth-order valence-electron chi connectivity index (χ4n) is 3.15. The molecule has 0 bridgehead atoms. The number of nitrogens with zero attached hydrogens (tertiary/aromatic N) is 1. The van der Waals surface area contributed by atoms with Crippen LogP contribution in [0.3, 0.4) is 0 Å². The van der Waals surface area contributed by atoms with Crippen LogP contribution in [0.1, 0.15) is 15.9 Å². The second kappa shape index (κ2) is 7.11. The van der Waals surface area contributed by atoms with Crippen LogP contribution in [0.15, 0.2) is 85.1 Å². The van der Waals surface area contributed by atoms with E-state index in [0.717, 1.165) is 27.6 Å². The van der Waals surface area contributed by atoms with Crippen molar-refractivity contribution in [2.24, 2.45) is 0 Å². The Balaban J connectivity index is 1.83. The van der Waals surface area contributed by atoms with Gasteiger partial charge < -0.3 is 0 Å². The van der Waals surface area contributed by atoms with Crippen LogP contribution in [0.2, 0.25) is 5.02 Å². The van der Waals surface area contributed by atoms with Crippen LogP contribution in [-0.2, 0) is 6.42 Å². The van der Waals surface area contributed by atoms with Crippen molar-refractivity contribution in [3.8, 4) is 11.1 Å². The van der Waals surface area contributed by atoms with Gasteiger partial charge in [-0.3, -0.25) is 9.78 Å². The summed E-state index contributed by atoms with van der Waals surface area (Å²) in [6.45, 7) is 0. The number of halogens is 1. The Labute approximate surface area is 157 Å². The van der Waals surface area contributed by atoms with E-state index in [2.05, 4.69) is 4.98 Å². The molecule has 0 amide bonds. The number of hydrogen-bond acceptors (Lipinski definition) is 2. The fourth-order valence-corrected chi connectivity index (χ4v) is 3.28. The predicted molar refractivity (Wildman–Crippen MR) is 107 cm³/mol. The van der Waals surface area contributed by atoms with Gasteiger partial charge in [0.15, 0.2) is 5.78 Å². The minimum atomic E-state index is 0.0650. The van der Waals surface area contributed by atoms with Crippen LogP contribution >= 0.6 is 11.6 Å². The maximum absolute atomic E-state index is 12.9. The molecule has 0 saturated heterocycles. The molecule has 1 aromatic heterocycles. The second-order valence-corrected chi connectivity index (χ2v) is 6.58. The summed E-state index contributed by atoms with van der Waals surface area (Å²) in [5, 5.41) is 1.64. The molecule has 0 atom stereocenters. The van der Waals surface area contributed by atoms with Gasteiger partial charge in [-0.05, 0) is 41.5 Å². The van der Waals surface area contributed by atoms with Crippen molar-refractivity contribution >= 4 is 28.3 Å². The van der Waals surface area contributed by atoms with Crippen molar-refractivity contribution in [3.63, 3.8) is 0 Å². The molecule has 126 valence electrons. The molecule has 26 heavy (non-hydrogen) atoms.